The molecule has 1 N–H and O–H groups in total. The minimum Gasteiger partial charge on any atom is -0.469 e. The molecule has 1 unspecified atom stereocenters. The van der Waals surface area contributed by atoms with E-state index in [1.165, 1.54) is 0 Å². The zero-order valence-electron chi connectivity index (χ0n) is 7.50. The highest BCUT2D eigenvalue weighted by atomic mass is 16.3. The third-order valence-electron chi connectivity index (χ3n) is 1.92. The van der Waals surface area contributed by atoms with Gasteiger partial charge in [0, 0.05) is 6.42 Å². The van der Waals surface area contributed by atoms with E-state index in [0.29, 0.717) is 6.42 Å². The Morgan fingerprint density at radius 3 is 2.83 bits per heavy atom. The molecule has 12 heavy (non-hydrogen) atoms. The smallest absolute Gasteiger partial charge is 0.109 e. The zero-order chi connectivity index (χ0) is 9.14. The van der Waals surface area contributed by atoms with Crippen LogP contribution in [0, 0.1) is 6.92 Å². The van der Waals surface area contributed by atoms with Crippen molar-refractivity contribution in [3.8, 4) is 0 Å². The SMILES string of the molecule is C=C(C)C(O)Cc1occc1C. The zero-order valence-corrected chi connectivity index (χ0v) is 7.50. The summed E-state index contributed by atoms with van der Waals surface area (Å²) in [5.41, 5.74) is 1.85. The van der Waals surface area contributed by atoms with Crippen LogP contribution < -0.4 is 0 Å². The monoisotopic (exact) mass is 166 g/mol. The number of hydrogen-bond donors (Lipinski definition) is 1. The molecule has 0 radical (unpaired) electrons. The van der Waals surface area contributed by atoms with E-state index >= 15 is 0 Å². The lowest BCUT2D eigenvalue weighted by Gasteiger charge is -2.07. The third kappa shape index (κ3) is 1.98. The molecule has 1 aromatic heterocycles. The molecule has 0 amide bonds. The minimum atomic E-state index is -0.491. The first-order valence-electron chi connectivity index (χ1n) is 3.97. The number of hydrogen-bond acceptors (Lipinski definition) is 2. The Labute approximate surface area is 72.5 Å². The van der Waals surface area contributed by atoms with Crippen LogP contribution >= 0.6 is 0 Å². The first kappa shape index (κ1) is 9.07. The number of aliphatic hydroxyl groups is 1. The van der Waals surface area contributed by atoms with Crippen molar-refractivity contribution in [1.82, 2.24) is 0 Å². The summed E-state index contributed by atoms with van der Waals surface area (Å²) in [5, 5.41) is 9.46. The number of rotatable bonds is 3. The van der Waals surface area contributed by atoms with E-state index in [0.717, 1.165) is 16.9 Å². The second kappa shape index (κ2) is 3.59. The maximum atomic E-state index is 9.46. The topological polar surface area (TPSA) is 33.4 Å². The Hall–Kier alpha value is -1.02. The summed E-state index contributed by atoms with van der Waals surface area (Å²) >= 11 is 0. The molecule has 66 valence electrons. The van der Waals surface area contributed by atoms with Crippen LogP contribution in [0.25, 0.3) is 0 Å². The molecule has 1 heterocycles. The minimum absolute atomic E-state index is 0.491. The summed E-state index contributed by atoms with van der Waals surface area (Å²) in [6, 6.07) is 1.89. The summed E-state index contributed by atoms with van der Waals surface area (Å²) in [6.07, 6.45) is 1.67. The molecule has 0 saturated heterocycles. The molecule has 0 aliphatic rings. The van der Waals surface area contributed by atoms with E-state index in [1.807, 2.05) is 19.9 Å². The first-order valence-corrected chi connectivity index (χ1v) is 3.97. The van der Waals surface area contributed by atoms with Gasteiger partial charge >= 0.3 is 0 Å². The van der Waals surface area contributed by atoms with Crippen molar-refractivity contribution in [2.45, 2.75) is 26.4 Å². The van der Waals surface area contributed by atoms with Gasteiger partial charge in [0.25, 0.3) is 0 Å². The highest BCUT2D eigenvalue weighted by Gasteiger charge is 2.09. The number of aryl methyl sites for hydroxylation is 1. The van der Waals surface area contributed by atoms with E-state index < -0.39 is 6.10 Å². The average molecular weight is 166 g/mol. The van der Waals surface area contributed by atoms with Crippen molar-refractivity contribution in [2.24, 2.45) is 0 Å². The van der Waals surface area contributed by atoms with E-state index in [1.54, 1.807) is 6.26 Å². The molecule has 2 heteroatoms. The van der Waals surface area contributed by atoms with Crippen LogP contribution in [0.4, 0.5) is 0 Å². The van der Waals surface area contributed by atoms with Gasteiger partial charge < -0.3 is 9.52 Å². The van der Waals surface area contributed by atoms with Crippen molar-refractivity contribution in [3.05, 3.63) is 35.8 Å². The molecule has 1 aromatic rings. The maximum Gasteiger partial charge on any atom is 0.109 e. The number of furan rings is 1. The molecule has 0 aromatic carbocycles. The van der Waals surface area contributed by atoms with Crippen molar-refractivity contribution in [3.63, 3.8) is 0 Å². The van der Waals surface area contributed by atoms with E-state index in [9.17, 15) is 5.11 Å². The summed E-state index contributed by atoms with van der Waals surface area (Å²) in [5.74, 6) is 0.838. The maximum absolute atomic E-state index is 9.46. The molecule has 0 spiro atoms. The predicted molar refractivity (Wildman–Crippen MR) is 48.0 cm³/mol. The highest BCUT2D eigenvalue weighted by Crippen LogP contribution is 2.13. The first-order chi connectivity index (χ1) is 5.61. The van der Waals surface area contributed by atoms with Crippen molar-refractivity contribution in [2.75, 3.05) is 0 Å². The Kier molecular flexibility index (Phi) is 2.71. The van der Waals surface area contributed by atoms with Gasteiger partial charge in [-0.3, -0.25) is 0 Å². The molecule has 0 bridgehead atoms. The Morgan fingerprint density at radius 1 is 1.75 bits per heavy atom. The fourth-order valence-electron chi connectivity index (χ4n) is 0.963. The highest BCUT2D eigenvalue weighted by molar-refractivity contribution is 5.17. The lowest BCUT2D eigenvalue weighted by Crippen LogP contribution is -2.10. The van der Waals surface area contributed by atoms with Crippen LogP contribution in [-0.4, -0.2) is 11.2 Å². The third-order valence-corrected chi connectivity index (χ3v) is 1.92. The number of aliphatic hydroxyl groups excluding tert-OH is 1. The molecule has 1 rings (SSSR count). The second-order valence-corrected chi connectivity index (χ2v) is 3.09. The van der Waals surface area contributed by atoms with Gasteiger partial charge in [-0.1, -0.05) is 12.2 Å². The van der Waals surface area contributed by atoms with Crippen molar-refractivity contribution >= 4 is 0 Å². The van der Waals surface area contributed by atoms with Crippen LogP contribution in [0.2, 0.25) is 0 Å². The molecular weight excluding hydrogens is 152 g/mol. The molecule has 1 atom stereocenters. The van der Waals surface area contributed by atoms with Crippen LogP contribution in [0.5, 0.6) is 0 Å². The molecule has 0 fully saturated rings. The second-order valence-electron chi connectivity index (χ2n) is 3.09. The Morgan fingerprint density at radius 2 is 2.42 bits per heavy atom. The van der Waals surface area contributed by atoms with Crippen LogP contribution in [0.1, 0.15) is 18.2 Å². The fourth-order valence-corrected chi connectivity index (χ4v) is 0.963. The predicted octanol–water partition coefficient (Wildman–Crippen LogP) is 2.07. The van der Waals surface area contributed by atoms with Gasteiger partial charge in [-0.15, -0.1) is 0 Å². The van der Waals surface area contributed by atoms with Crippen LogP contribution in [0.3, 0.4) is 0 Å². The Balaban J connectivity index is 2.64. The largest absolute Gasteiger partial charge is 0.469 e. The van der Waals surface area contributed by atoms with Gasteiger partial charge in [0.05, 0.1) is 12.4 Å². The molecule has 2 nitrogen and oxygen atoms in total. The van der Waals surface area contributed by atoms with Gasteiger partial charge in [-0.25, -0.2) is 0 Å². The van der Waals surface area contributed by atoms with Crippen LogP contribution in [-0.2, 0) is 6.42 Å². The van der Waals surface area contributed by atoms with E-state index in [2.05, 4.69) is 6.58 Å². The van der Waals surface area contributed by atoms with Gasteiger partial charge in [-0.2, -0.15) is 0 Å². The van der Waals surface area contributed by atoms with Crippen molar-refractivity contribution < 1.29 is 9.52 Å². The molecule has 0 saturated carbocycles. The fraction of sp³-hybridized carbons (Fsp3) is 0.400. The van der Waals surface area contributed by atoms with Gasteiger partial charge in [0.2, 0.25) is 0 Å². The molecule has 0 aliphatic heterocycles. The summed E-state index contributed by atoms with van der Waals surface area (Å²) in [4.78, 5) is 0. The molecular formula is C10H14O2. The summed E-state index contributed by atoms with van der Waals surface area (Å²) in [6.45, 7) is 7.44. The van der Waals surface area contributed by atoms with Gasteiger partial charge in [-0.05, 0) is 25.5 Å². The van der Waals surface area contributed by atoms with E-state index in [-0.39, 0.29) is 0 Å². The standard InChI is InChI=1S/C10H14O2/c1-7(2)9(11)6-10-8(3)4-5-12-10/h4-5,9,11H,1,6H2,2-3H3. The lowest BCUT2D eigenvalue weighted by atomic mass is 10.1. The quantitative estimate of drug-likeness (QED) is 0.697. The van der Waals surface area contributed by atoms with Gasteiger partial charge in [0.15, 0.2) is 0 Å². The van der Waals surface area contributed by atoms with Gasteiger partial charge in [0.1, 0.15) is 5.76 Å². The van der Waals surface area contributed by atoms with Crippen molar-refractivity contribution in [1.29, 1.82) is 0 Å². The summed E-state index contributed by atoms with van der Waals surface area (Å²) in [7, 11) is 0. The average Bonchev–Trinajstić information content (AvgIpc) is 2.36. The molecule has 0 aliphatic carbocycles. The van der Waals surface area contributed by atoms with Crippen LogP contribution in [0.15, 0.2) is 28.9 Å². The Bertz CT molecular complexity index is 273. The normalized spacial score (nSPS) is 12.9. The summed E-state index contributed by atoms with van der Waals surface area (Å²) < 4.78 is 5.18. The van der Waals surface area contributed by atoms with E-state index in [4.69, 9.17) is 4.42 Å². The lowest BCUT2D eigenvalue weighted by molar-refractivity contribution is 0.203.